The van der Waals surface area contributed by atoms with Crippen molar-refractivity contribution >= 4 is 5.96 Å². The van der Waals surface area contributed by atoms with Gasteiger partial charge >= 0.3 is 0 Å². The summed E-state index contributed by atoms with van der Waals surface area (Å²) < 4.78 is 21.6. The molecule has 0 aromatic heterocycles. The van der Waals surface area contributed by atoms with Crippen LogP contribution < -0.4 is 29.6 Å². The molecule has 2 aromatic carbocycles. The summed E-state index contributed by atoms with van der Waals surface area (Å²) in [6.45, 7) is 1.61. The minimum absolute atomic E-state index is 0.293. The lowest BCUT2D eigenvalue weighted by Gasteiger charge is -2.15. The van der Waals surface area contributed by atoms with Gasteiger partial charge in [-0.25, -0.2) is 0 Å². The Balaban J connectivity index is 1.51. The maximum atomic E-state index is 5.46. The first-order chi connectivity index (χ1) is 13.2. The number of hydrogen-bond donors (Lipinski definition) is 2. The lowest BCUT2D eigenvalue weighted by Crippen LogP contribution is -2.37. The Morgan fingerprint density at radius 1 is 1.07 bits per heavy atom. The molecule has 0 unspecified atom stereocenters. The minimum atomic E-state index is 0.293. The van der Waals surface area contributed by atoms with Gasteiger partial charge < -0.3 is 29.6 Å². The molecule has 27 heavy (non-hydrogen) atoms. The van der Waals surface area contributed by atoms with Crippen LogP contribution in [-0.4, -0.2) is 40.6 Å². The Bertz CT molecular complexity index is 808. The fraction of sp³-hybridized carbons (Fsp3) is 0.350. The molecular weight excluding hydrogens is 346 g/mol. The number of para-hydroxylation sites is 1. The Labute approximate surface area is 159 Å². The number of nitrogens with zero attached hydrogens (tertiary/aromatic N) is 1. The van der Waals surface area contributed by atoms with Crippen LogP contribution in [0.25, 0.3) is 0 Å². The van der Waals surface area contributed by atoms with Crippen LogP contribution in [0.5, 0.6) is 23.0 Å². The number of methoxy groups -OCH3 is 2. The van der Waals surface area contributed by atoms with E-state index in [0.717, 1.165) is 41.7 Å². The van der Waals surface area contributed by atoms with Crippen LogP contribution in [-0.2, 0) is 13.0 Å². The highest BCUT2D eigenvalue weighted by atomic mass is 16.7. The molecule has 0 bridgehead atoms. The van der Waals surface area contributed by atoms with E-state index in [-0.39, 0.29) is 0 Å². The van der Waals surface area contributed by atoms with Crippen molar-refractivity contribution in [3.63, 3.8) is 0 Å². The number of fused-ring (bicyclic) bond motifs is 1. The van der Waals surface area contributed by atoms with Crippen molar-refractivity contribution in [2.75, 3.05) is 34.6 Å². The number of benzene rings is 2. The number of ether oxygens (including phenoxy) is 4. The first kappa shape index (κ1) is 18.7. The lowest BCUT2D eigenvalue weighted by atomic mass is 10.1. The van der Waals surface area contributed by atoms with Crippen LogP contribution >= 0.6 is 0 Å². The number of hydrogen-bond acceptors (Lipinski definition) is 5. The van der Waals surface area contributed by atoms with Crippen LogP contribution in [0, 0.1) is 0 Å². The maximum Gasteiger partial charge on any atom is 0.231 e. The average molecular weight is 371 g/mol. The molecule has 0 fully saturated rings. The second-order valence-corrected chi connectivity index (χ2v) is 5.94. The topological polar surface area (TPSA) is 73.3 Å². The normalized spacial score (nSPS) is 12.6. The molecule has 144 valence electrons. The van der Waals surface area contributed by atoms with Crippen molar-refractivity contribution in [3.8, 4) is 23.0 Å². The monoisotopic (exact) mass is 371 g/mol. The van der Waals surface area contributed by atoms with E-state index in [1.807, 2.05) is 36.4 Å². The number of guanidine groups is 1. The van der Waals surface area contributed by atoms with Gasteiger partial charge in [0.05, 0.1) is 14.2 Å². The van der Waals surface area contributed by atoms with Crippen LogP contribution in [0.15, 0.2) is 41.4 Å². The molecule has 0 atom stereocenters. The zero-order valence-electron chi connectivity index (χ0n) is 15.9. The quantitative estimate of drug-likeness (QED) is 0.575. The summed E-state index contributed by atoms with van der Waals surface area (Å²) in [6.07, 6.45) is 0.847. The molecular formula is C20H25N3O4. The largest absolute Gasteiger partial charge is 0.493 e. The van der Waals surface area contributed by atoms with Gasteiger partial charge in [0.15, 0.2) is 29.0 Å². The molecule has 1 aliphatic heterocycles. The van der Waals surface area contributed by atoms with E-state index >= 15 is 0 Å². The van der Waals surface area contributed by atoms with Crippen molar-refractivity contribution in [3.05, 3.63) is 47.5 Å². The highest BCUT2D eigenvalue weighted by molar-refractivity contribution is 5.79. The van der Waals surface area contributed by atoms with Crippen molar-refractivity contribution in [2.45, 2.75) is 13.0 Å². The van der Waals surface area contributed by atoms with Gasteiger partial charge in [-0.2, -0.15) is 0 Å². The zero-order valence-corrected chi connectivity index (χ0v) is 15.9. The Kier molecular flexibility index (Phi) is 6.25. The van der Waals surface area contributed by atoms with E-state index in [0.29, 0.717) is 19.1 Å². The number of rotatable bonds is 7. The van der Waals surface area contributed by atoms with Crippen molar-refractivity contribution in [1.82, 2.24) is 10.6 Å². The van der Waals surface area contributed by atoms with Crippen LogP contribution in [0.3, 0.4) is 0 Å². The van der Waals surface area contributed by atoms with Gasteiger partial charge in [-0.3, -0.25) is 4.99 Å². The van der Waals surface area contributed by atoms with Crippen LogP contribution in [0.4, 0.5) is 0 Å². The zero-order chi connectivity index (χ0) is 19.1. The third-order valence-electron chi connectivity index (χ3n) is 4.30. The lowest BCUT2D eigenvalue weighted by molar-refractivity contribution is 0.174. The SMILES string of the molecule is CN=C(NCCc1ccc2c(c1)OCO2)NCc1cccc(OC)c1OC. The van der Waals surface area contributed by atoms with E-state index < -0.39 is 0 Å². The highest BCUT2D eigenvalue weighted by Gasteiger charge is 2.13. The van der Waals surface area contributed by atoms with Gasteiger partial charge in [0.25, 0.3) is 0 Å². The molecule has 0 aliphatic carbocycles. The molecule has 3 rings (SSSR count). The molecule has 0 saturated heterocycles. The predicted molar refractivity (Wildman–Crippen MR) is 104 cm³/mol. The van der Waals surface area contributed by atoms with Gasteiger partial charge in [0.1, 0.15) is 0 Å². The molecule has 7 nitrogen and oxygen atoms in total. The van der Waals surface area contributed by atoms with E-state index in [2.05, 4.69) is 15.6 Å². The van der Waals surface area contributed by atoms with E-state index in [1.165, 1.54) is 5.56 Å². The molecule has 1 aliphatic rings. The van der Waals surface area contributed by atoms with E-state index in [9.17, 15) is 0 Å². The molecule has 2 aromatic rings. The van der Waals surface area contributed by atoms with Crippen molar-refractivity contribution in [1.29, 1.82) is 0 Å². The van der Waals surface area contributed by atoms with Gasteiger partial charge in [0.2, 0.25) is 6.79 Å². The second kappa shape index (κ2) is 9.02. The molecule has 7 heteroatoms. The van der Waals surface area contributed by atoms with E-state index in [4.69, 9.17) is 18.9 Å². The van der Waals surface area contributed by atoms with Gasteiger partial charge in [-0.15, -0.1) is 0 Å². The average Bonchev–Trinajstić information content (AvgIpc) is 3.17. The molecule has 0 saturated carbocycles. The fourth-order valence-corrected chi connectivity index (χ4v) is 2.91. The van der Waals surface area contributed by atoms with Crippen molar-refractivity contribution < 1.29 is 18.9 Å². The summed E-state index contributed by atoms with van der Waals surface area (Å²) in [5.41, 5.74) is 2.17. The second-order valence-electron chi connectivity index (χ2n) is 5.94. The molecule has 2 N–H and O–H groups in total. The summed E-state index contributed by atoms with van der Waals surface area (Å²) in [4.78, 5) is 4.27. The molecule has 1 heterocycles. The van der Waals surface area contributed by atoms with Crippen LogP contribution in [0.2, 0.25) is 0 Å². The third kappa shape index (κ3) is 4.55. The first-order valence-corrected chi connectivity index (χ1v) is 8.78. The molecule has 0 radical (unpaired) electrons. The van der Waals surface area contributed by atoms with Gasteiger partial charge in [0, 0.05) is 25.7 Å². The smallest absolute Gasteiger partial charge is 0.231 e. The minimum Gasteiger partial charge on any atom is -0.493 e. The fourth-order valence-electron chi connectivity index (χ4n) is 2.91. The number of aliphatic imine (C=N–C) groups is 1. The molecule has 0 amide bonds. The summed E-state index contributed by atoms with van der Waals surface area (Å²) in [7, 11) is 5.02. The predicted octanol–water partition coefficient (Wildman–Crippen LogP) is 2.34. The summed E-state index contributed by atoms with van der Waals surface area (Å²) in [5.74, 6) is 3.77. The summed E-state index contributed by atoms with van der Waals surface area (Å²) in [5, 5.41) is 6.62. The Hall–Kier alpha value is -3.09. The number of nitrogens with one attached hydrogen (secondary N) is 2. The summed E-state index contributed by atoms with van der Waals surface area (Å²) in [6, 6.07) is 11.8. The standard InChI is InChI=1S/C20H25N3O4/c1-21-20(23-12-15-5-4-6-17(24-2)19(15)25-3)22-10-9-14-7-8-16-18(11-14)27-13-26-16/h4-8,11H,9-10,12-13H2,1-3H3,(H2,21,22,23). The molecule has 0 spiro atoms. The van der Waals surface area contributed by atoms with Crippen molar-refractivity contribution in [2.24, 2.45) is 4.99 Å². The Morgan fingerprint density at radius 3 is 2.70 bits per heavy atom. The van der Waals surface area contributed by atoms with Crippen LogP contribution in [0.1, 0.15) is 11.1 Å². The van der Waals surface area contributed by atoms with Gasteiger partial charge in [-0.05, 0) is 30.2 Å². The highest BCUT2D eigenvalue weighted by Crippen LogP contribution is 2.32. The summed E-state index contributed by atoms with van der Waals surface area (Å²) >= 11 is 0. The third-order valence-corrected chi connectivity index (χ3v) is 4.30. The van der Waals surface area contributed by atoms with E-state index in [1.54, 1.807) is 21.3 Å². The Morgan fingerprint density at radius 2 is 1.93 bits per heavy atom. The van der Waals surface area contributed by atoms with Gasteiger partial charge in [-0.1, -0.05) is 18.2 Å². The first-order valence-electron chi connectivity index (χ1n) is 8.78. The maximum absolute atomic E-state index is 5.46.